The molecule has 1 N–H and O–H groups in total. The highest BCUT2D eigenvalue weighted by Crippen LogP contribution is 2.44. The molecular weight excluding hydrogens is 492 g/mol. The van der Waals surface area contributed by atoms with Gasteiger partial charge in [-0.1, -0.05) is 17.7 Å². The summed E-state index contributed by atoms with van der Waals surface area (Å²) in [6.45, 7) is -0.520. The van der Waals surface area contributed by atoms with E-state index in [1.54, 1.807) is 0 Å². The highest BCUT2D eigenvalue weighted by molar-refractivity contribution is 6.33. The van der Waals surface area contributed by atoms with Crippen molar-refractivity contribution in [3.63, 3.8) is 0 Å². The van der Waals surface area contributed by atoms with E-state index in [4.69, 9.17) is 11.6 Å². The zero-order chi connectivity index (χ0) is 25.1. The van der Waals surface area contributed by atoms with Crippen LogP contribution in [0.3, 0.4) is 0 Å². The molecule has 3 heterocycles. The molecular formula is C23H19ClF4N4O3. The molecule has 184 valence electrons. The van der Waals surface area contributed by atoms with Crippen molar-refractivity contribution in [3.05, 3.63) is 52.3 Å². The number of amides is 2. The van der Waals surface area contributed by atoms with E-state index in [9.17, 15) is 32.3 Å². The second kappa shape index (κ2) is 8.40. The number of aromatic nitrogens is 2. The maximum atomic E-state index is 14.2. The van der Waals surface area contributed by atoms with Crippen LogP contribution in [0.2, 0.25) is 5.15 Å². The van der Waals surface area contributed by atoms with E-state index in [1.807, 2.05) is 0 Å². The third kappa shape index (κ3) is 4.29. The van der Waals surface area contributed by atoms with Crippen LogP contribution in [0.1, 0.15) is 35.6 Å². The molecule has 0 unspecified atom stereocenters. The molecule has 1 saturated carbocycles. The number of hydrogen-bond donors (Lipinski definition) is 1. The van der Waals surface area contributed by atoms with Crippen molar-refractivity contribution >= 4 is 40.9 Å². The van der Waals surface area contributed by atoms with Crippen molar-refractivity contribution < 1.29 is 32.3 Å². The van der Waals surface area contributed by atoms with Crippen LogP contribution < -0.4 is 4.90 Å². The number of carbonyl (C=O) groups is 2. The number of aromatic hydroxyl groups is 1. The second-order valence-electron chi connectivity index (χ2n) is 8.65. The fourth-order valence-electron chi connectivity index (χ4n) is 4.32. The first kappa shape index (κ1) is 23.4. The van der Waals surface area contributed by atoms with Crippen LogP contribution in [0.25, 0.3) is 11.8 Å². The predicted octanol–water partition coefficient (Wildman–Crippen LogP) is 4.47. The van der Waals surface area contributed by atoms with Gasteiger partial charge in [-0.25, -0.2) is 9.37 Å². The summed E-state index contributed by atoms with van der Waals surface area (Å²) < 4.78 is 56.6. The molecule has 0 atom stereocenters. The lowest BCUT2D eigenvalue weighted by atomic mass is 10.1. The number of hydrogen-bond acceptors (Lipinski definition) is 4. The Morgan fingerprint density at radius 3 is 2.57 bits per heavy atom. The maximum absolute atomic E-state index is 14.2. The van der Waals surface area contributed by atoms with Crippen LogP contribution in [0, 0.1) is 11.7 Å². The number of piperazine rings is 1. The molecule has 12 heteroatoms. The van der Waals surface area contributed by atoms with Gasteiger partial charge in [0.25, 0.3) is 5.91 Å². The van der Waals surface area contributed by atoms with E-state index >= 15 is 0 Å². The molecule has 5 rings (SSSR count). The van der Waals surface area contributed by atoms with Gasteiger partial charge in [0, 0.05) is 25.4 Å². The lowest BCUT2D eigenvalue weighted by Crippen LogP contribution is -2.52. The number of halogens is 5. The third-order valence-corrected chi connectivity index (χ3v) is 6.63. The van der Waals surface area contributed by atoms with Gasteiger partial charge < -0.3 is 14.9 Å². The van der Waals surface area contributed by atoms with Gasteiger partial charge >= 0.3 is 6.18 Å². The first-order valence-corrected chi connectivity index (χ1v) is 11.3. The van der Waals surface area contributed by atoms with Crippen molar-refractivity contribution in [3.8, 4) is 5.75 Å². The Hall–Kier alpha value is -3.34. The van der Waals surface area contributed by atoms with E-state index in [2.05, 4.69) is 4.98 Å². The smallest absolute Gasteiger partial charge is 0.419 e. The van der Waals surface area contributed by atoms with Gasteiger partial charge in [0.2, 0.25) is 5.91 Å². The number of alkyl halides is 3. The number of fused-ring (bicyclic) bond motifs is 1. The van der Waals surface area contributed by atoms with Gasteiger partial charge in [-0.2, -0.15) is 13.2 Å². The van der Waals surface area contributed by atoms with Crippen LogP contribution in [0.15, 0.2) is 29.8 Å². The van der Waals surface area contributed by atoms with E-state index in [0.29, 0.717) is 0 Å². The summed E-state index contributed by atoms with van der Waals surface area (Å²) in [5.41, 5.74) is -0.635. The molecule has 1 aliphatic carbocycles. The number of allylic oxidation sites excluding steroid dienone is 3. The topological polar surface area (TPSA) is 78.7 Å². The van der Waals surface area contributed by atoms with Crippen molar-refractivity contribution in [2.24, 2.45) is 5.92 Å². The summed E-state index contributed by atoms with van der Waals surface area (Å²) in [4.78, 5) is 32.1. The van der Waals surface area contributed by atoms with Crippen LogP contribution in [-0.2, 0) is 4.79 Å². The van der Waals surface area contributed by atoms with Gasteiger partial charge in [-0.15, -0.1) is 0 Å². The van der Waals surface area contributed by atoms with Crippen molar-refractivity contribution in [1.82, 2.24) is 14.5 Å². The first-order valence-electron chi connectivity index (χ1n) is 10.9. The molecule has 1 saturated heterocycles. The van der Waals surface area contributed by atoms with E-state index in [0.717, 1.165) is 44.9 Å². The zero-order valence-corrected chi connectivity index (χ0v) is 18.9. The zero-order valence-electron chi connectivity index (χ0n) is 18.1. The number of rotatable bonds is 3. The van der Waals surface area contributed by atoms with E-state index in [1.165, 1.54) is 18.3 Å². The number of phenols is 1. The summed E-state index contributed by atoms with van der Waals surface area (Å²) in [6, 6.07) is 3.35. The van der Waals surface area contributed by atoms with Crippen molar-refractivity contribution in [2.75, 3.05) is 24.5 Å². The fraction of sp³-hybridized carbons (Fsp3) is 0.348. The highest BCUT2D eigenvalue weighted by Gasteiger charge is 2.41. The third-order valence-electron chi connectivity index (χ3n) is 6.27. The molecule has 1 aromatic heterocycles. The van der Waals surface area contributed by atoms with Gasteiger partial charge in [-0.3, -0.25) is 14.2 Å². The van der Waals surface area contributed by atoms with Crippen molar-refractivity contribution in [2.45, 2.75) is 25.4 Å². The lowest BCUT2D eigenvalue weighted by Gasteiger charge is -2.34. The second-order valence-corrected chi connectivity index (χ2v) is 9.01. The molecule has 7 nitrogen and oxygen atoms in total. The Labute approximate surface area is 201 Å². The number of imidazole rings is 1. The van der Waals surface area contributed by atoms with Crippen molar-refractivity contribution in [1.29, 1.82) is 0 Å². The van der Waals surface area contributed by atoms with Crippen LogP contribution in [0.4, 0.5) is 23.2 Å². The molecule has 2 amide bonds. The lowest BCUT2D eigenvalue weighted by molar-refractivity contribution is -0.120. The van der Waals surface area contributed by atoms with Gasteiger partial charge in [0.15, 0.2) is 17.3 Å². The molecule has 35 heavy (non-hydrogen) atoms. The van der Waals surface area contributed by atoms with Crippen LogP contribution in [-0.4, -0.2) is 57.2 Å². The van der Waals surface area contributed by atoms with E-state index in [-0.39, 0.29) is 47.7 Å². The average Bonchev–Trinajstić information content (AvgIpc) is 3.59. The Morgan fingerprint density at radius 1 is 1.20 bits per heavy atom. The summed E-state index contributed by atoms with van der Waals surface area (Å²) in [6.07, 6.45) is -0.243. The fourth-order valence-corrected chi connectivity index (χ4v) is 4.57. The molecule has 0 spiro atoms. The minimum Gasteiger partial charge on any atom is -0.508 e. The molecule has 0 bridgehead atoms. The summed E-state index contributed by atoms with van der Waals surface area (Å²) >= 11 is 6.38. The predicted molar refractivity (Wildman–Crippen MR) is 119 cm³/mol. The molecule has 1 aromatic carbocycles. The monoisotopic (exact) mass is 510 g/mol. The normalized spacial score (nSPS) is 18.7. The Morgan fingerprint density at radius 2 is 1.94 bits per heavy atom. The largest absolute Gasteiger partial charge is 0.508 e. The average molecular weight is 511 g/mol. The first-order chi connectivity index (χ1) is 16.5. The molecule has 2 aromatic rings. The SMILES string of the molecule is O=C(c1nc2n(c1Cl)C=C(C1CC1)CC=C2C(F)(F)F)N1CCN(c2ccc(O)cc2F)C(=O)C1. The molecule has 0 radical (unpaired) electrons. The number of phenolic OH excluding ortho intramolecular Hbond substituents is 1. The summed E-state index contributed by atoms with van der Waals surface area (Å²) in [5.74, 6) is -2.79. The molecule has 2 fully saturated rings. The minimum absolute atomic E-state index is 0.0193. The standard InChI is InChI=1S/C23H19ClF4N4O3/c24-20-19(29-21-15(23(26,27)28)5-3-13(10-32(20)21)12-1-2-12)22(35)30-7-8-31(18(34)11-30)17-6-4-14(33)9-16(17)25/h4-6,9-10,12,33H,1-3,7-8,11H2. The maximum Gasteiger partial charge on any atom is 0.419 e. The van der Waals surface area contributed by atoms with Gasteiger partial charge in [0.1, 0.15) is 17.4 Å². The number of nitrogens with zero attached hydrogens (tertiary/aromatic N) is 4. The molecule has 2 aliphatic heterocycles. The highest BCUT2D eigenvalue weighted by atomic mass is 35.5. The summed E-state index contributed by atoms with van der Waals surface area (Å²) in [5, 5.41) is 9.11. The van der Waals surface area contributed by atoms with Crippen LogP contribution in [0.5, 0.6) is 5.75 Å². The summed E-state index contributed by atoms with van der Waals surface area (Å²) in [7, 11) is 0. The van der Waals surface area contributed by atoms with E-state index < -0.39 is 41.8 Å². The molecule has 3 aliphatic rings. The van der Waals surface area contributed by atoms with Crippen LogP contribution >= 0.6 is 11.6 Å². The minimum atomic E-state index is -4.70. The Balaban J connectivity index is 1.43. The number of carbonyl (C=O) groups excluding carboxylic acids is 2. The Bertz CT molecular complexity index is 1300. The number of anilines is 1. The van der Waals surface area contributed by atoms with Gasteiger partial charge in [-0.05, 0) is 42.9 Å². The quantitative estimate of drug-likeness (QED) is 0.618. The number of benzene rings is 1. The Kier molecular flexibility index (Phi) is 5.62. The van der Waals surface area contributed by atoms with Gasteiger partial charge in [0.05, 0.1) is 11.3 Å².